The van der Waals surface area contributed by atoms with Crippen molar-refractivity contribution in [2.24, 2.45) is 11.7 Å². The van der Waals surface area contributed by atoms with Crippen molar-refractivity contribution in [2.75, 3.05) is 20.2 Å². The molecule has 0 amide bonds. The number of carbonyl (C=O) groups is 1. The van der Waals surface area contributed by atoms with Crippen LogP contribution in [0.1, 0.15) is 24.2 Å². The summed E-state index contributed by atoms with van der Waals surface area (Å²) in [6, 6.07) is 6.26. The summed E-state index contributed by atoms with van der Waals surface area (Å²) in [7, 11) is 1.44. The minimum atomic E-state index is -0.149. The molecule has 1 fully saturated rings. The first-order valence-electron chi connectivity index (χ1n) is 8.06. The Balaban J connectivity index is 0.00000156. The number of esters is 1. The number of likely N-dealkylation sites (tertiary alicyclic amines) is 1. The molecular weight excluding hydrogens is 363 g/mol. The number of nitrogens with zero attached hydrogens (tertiary/aromatic N) is 2. The van der Waals surface area contributed by atoms with Gasteiger partial charge in [-0.25, -0.2) is 4.98 Å². The first-order valence-corrected chi connectivity index (χ1v) is 8.06. The van der Waals surface area contributed by atoms with E-state index in [0.29, 0.717) is 13.1 Å². The van der Waals surface area contributed by atoms with Gasteiger partial charge in [0.15, 0.2) is 0 Å². The van der Waals surface area contributed by atoms with E-state index in [-0.39, 0.29) is 42.7 Å². The molecule has 2 heterocycles. The van der Waals surface area contributed by atoms with E-state index in [1.165, 1.54) is 12.7 Å². The summed E-state index contributed by atoms with van der Waals surface area (Å²) in [6.07, 6.45) is 1.62. The molecule has 0 bridgehead atoms. The predicted molar refractivity (Wildman–Crippen MR) is 103 cm³/mol. The maximum absolute atomic E-state index is 11.9. The number of H-pyrrole nitrogens is 1. The van der Waals surface area contributed by atoms with Crippen LogP contribution in [-0.2, 0) is 16.1 Å². The van der Waals surface area contributed by atoms with Crippen molar-refractivity contribution >= 4 is 41.8 Å². The Hall–Kier alpha value is -1.34. The molecule has 25 heavy (non-hydrogen) atoms. The fourth-order valence-electron chi connectivity index (χ4n) is 3.27. The van der Waals surface area contributed by atoms with E-state index < -0.39 is 0 Å². The summed E-state index contributed by atoms with van der Waals surface area (Å²) in [5, 5.41) is 0. The van der Waals surface area contributed by atoms with Gasteiger partial charge in [-0.2, -0.15) is 0 Å². The first kappa shape index (κ1) is 21.7. The Morgan fingerprint density at radius 1 is 1.36 bits per heavy atom. The third-order valence-electron chi connectivity index (χ3n) is 4.45. The lowest BCUT2D eigenvalue weighted by atomic mass is 10.0. The van der Waals surface area contributed by atoms with E-state index in [2.05, 4.69) is 33.9 Å². The topological polar surface area (TPSA) is 84.2 Å². The van der Waals surface area contributed by atoms with Crippen molar-refractivity contribution in [3.8, 4) is 0 Å². The zero-order chi connectivity index (χ0) is 16.4. The summed E-state index contributed by atoms with van der Waals surface area (Å²) in [5.74, 6) is 0.646. The van der Waals surface area contributed by atoms with Gasteiger partial charge in [-0.1, -0.05) is 6.07 Å². The number of fused-ring (bicyclic) bond motifs is 1. The van der Waals surface area contributed by atoms with Crippen LogP contribution in [0.25, 0.3) is 11.0 Å². The predicted octanol–water partition coefficient (Wildman–Crippen LogP) is 2.43. The number of nitrogens with one attached hydrogen (secondary N) is 1. The van der Waals surface area contributed by atoms with Gasteiger partial charge in [0.25, 0.3) is 0 Å². The molecule has 2 aromatic rings. The average molecular weight is 389 g/mol. The van der Waals surface area contributed by atoms with Crippen molar-refractivity contribution in [1.29, 1.82) is 0 Å². The first-order chi connectivity index (χ1) is 11.0. The van der Waals surface area contributed by atoms with E-state index >= 15 is 0 Å². The largest absolute Gasteiger partial charge is 0.469 e. The number of aromatic amines is 1. The molecule has 3 N–H and O–H groups in total. The molecule has 8 heteroatoms. The lowest BCUT2D eigenvalue weighted by Crippen LogP contribution is -2.37. The number of halogens is 2. The lowest BCUT2D eigenvalue weighted by Gasteiger charge is -2.23. The number of methoxy groups -OCH3 is 1. The molecule has 2 atom stereocenters. The van der Waals surface area contributed by atoms with Crippen LogP contribution in [0, 0.1) is 12.8 Å². The van der Waals surface area contributed by atoms with Crippen molar-refractivity contribution in [1.82, 2.24) is 14.9 Å². The SMILES string of the molecule is COC(=O)[C@H]1CC[C@@H](N)CN(Cc2nc3ccc(C)cc3[nH]2)C1.Cl.Cl. The van der Waals surface area contributed by atoms with E-state index in [4.69, 9.17) is 10.5 Å². The number of carbonyl (C=O) groups excluding carboxylic acids is 1. The van der Waals surface area contributed by atoms with Crippen molar-refractivity contribution in [2.45, 2.75) is 32.4 Å². The standard InChI is InChI=1S/C17H24N4O2.2ClH/c1-11-3-6-14-15(7-11)20-16(19-14)10-21-8-12(17(22)23-2)4-5-13(18)9-21;;/h3,6-7,12-13H,4-5,8-10,18H2,1-2H3,(H,19,20);2*1H/t12-,13+;;/m0../s1. The maximum Gasteiger partial charge on any atom is 0.309 e. The smallest absolute Gasteiger partial charge is 0.309 e. The Labute approximate surface area is 160 Å². The van der Waals surface area contributed by atoms with Gasteiger partial charge in [0.05, 0.1) is 30.6 Å². The molecule has 1 aromatic carbocycles. The van der Waals surface area contributed by atoms with Crippen LogP contribution >= 0.6 is 24.8 Å². The second-order valence-corrected chi connectivity index (χ2v) is 6.46. The molecule has 140 valence electrons. The summed E-state index contributed by atoms with van der Waals surface area (Å²) in [6.45, 7) is 4.16. The summed E-state index contributed by atoms with van der Waals surface area (Å²) in [4.78, 5) is 22.1. The van der Waals surface area contributed by atoms with Crippen LogP contribution in [0.5, 0.6) is 0 Å². The van der Waals surface area contributed by atoms with Gasteiger partial charge in [-0.15, -0.1) is 24.8 Å². The van der Waals surface area contributed by atoms with E-state index in [0.717, 1.165) is 36.2 Å². The maximum atomic E-state index is 11.9. The molecule has 0 radical (unpaired) electrons. The molecule has 1 aliphatic heterocycles. The highest BCUT2D eigenvalue weighted by Gasteiger charge is 2.28. The van der Waals surface area contributed by atoms with E-state index in [1.807, 2.05) is 6.07 Å². The number of benzene rings is 1. The molecule has 1 saturated heterocycles. The number of aryl methyl sites for hydroxylation is 1. The summed E-state index contributed by atoms with van der Waals surface area (Å²) < 4.78 is 4.91. The highest BCUT2D eigenvalue weighted by atomic mass is 35.5. The number of imidazole rings is 1. The Bertz CT molecular complexity index is 707. The molecule has 0 saturated carbocycles. The molecule has 0 aliphatic carbocycles. The summed E-state index contributed by atoms with van der Waals surface area (Å²) in [5.41, 5.74) is 9.37. The van der Waals surface area contributed by atoms with Gasteiger partial charge in [0, 0.05) is 19.1 Å². The second kappa shape index (κ2) is 9.38. The Morgan fingerprint density at radius 2 is 2.12 bits per heavy atom. The van der Waals surface area contributed by atoms with Gasteiger partial charge >= 0.3 is 5.97 Å². The molecule has 6 nitrogen and oxygen atoms in total. The van der Waals surface area contributed by atoms with Crippen LogP contribution in [0.2, 0.25) is 0 Å². The number of nitrogens with two attached hydrogens (primary N) is 1. The third-order valence-corrected chi connectivity index (χ3v) is 4.45. The van der Waals surface area contributed by atoms with Crippen LogP contribution in [0.3, 0.4) is 0 Å². The third kappa shape index (κ3) is 5.31. The number of hydrogen-bond acceptors (Lipinski definition) is 5. The van der Waals surface area contributed by atoms with Crippen LogP contribution in [0.15, 0.2) is 18.2 Å². The second-order valence-electron chi connectivity index (χ2n) is 6.46. The van der Waals surface area contributed by atoms with Gasteiger partial charge < -0.3 is 15.5 Å². The fourth-order valence-corrected chi connectivity index (χ4v) is 3.27. The van der Waals surface area contributed by atoms with Gasteiger partial charge in [-0.05, 0) is 37.5 Å². The molecule has 1 aromatic heterocycles. The average Bonchev–Trinajstić information content (AvgIpc) is 2.81. The molecule has 1 aliphatic rings. The van der Waals surface area contributed by atoms with Gasteiger partial charge in [0.1, 0.15) is 5.82 Å². The van der Waals surface area contributed by atoms with E-state index in [9.17, 15) is 4.79 Å². The van der Waals surface area contributed by atoms with Crippen molar-refractivity contribution < 1.29 is 9.53 Å². The van der Waals surface area contributed by atoms with Crippen molar-refractivity contribution in [3.63, 3.8) is 0 Å². The quantitative estimate of drug-likeness (QED) is 0.788. The Morgan fingerprint density at radius 3 is 2.84 bits per heavy atom. The number of aromatic nitrogens is 2. The molecular formula is C17H26Cl2N4O2. The number of ether oxygens (including phenoxy) is 1. The zero-order valence-corrected chi connectivity index (χ0v) is 16.2. The van der Waals surface area contributed by atoms with Gasteiger partial charge in [0.2, 0.25) is 0 Å². The number of rotatable bonds is 3. The minimum Gasteiger partial charge on any atom is -0.469 e. The number of hydrogen-bond donors (Lipinski definition) is 2. The highest BCUT2D eigenvalue weighted by Crippen LogP contribution is 2.20. The van der Waals surface area contributed by atoms with Crippen LogP contribution < -0.4 is 5.73 Å². The Kier molecular flexibility index (Phi) is 8.15. The molecule has 0 spiro atoms. The summed E-state index contributed by atoms with van der Waals surface area (Å²) >= 11 is 0. The zero-order valence-electron chi connectivity index (χ0n) is 14.5. The highest BCUT2D eigenvalue weighted by molar-refractivity contribution is 5.85. The van der Waals surface area contributed by atoms with Crippen LogP contribution in [-0.4, -0.2) is 47.1 Å². The fraction of sp³-hybridized carbons (Fsp3) is 0.529. The van der Waals surface area contributed by atoms with Gasteiger partial charge in [-0.3, -0.25) is 9.69 Å². The van der Waals surface area contributed by atoms with Crippen LogP contribution in [0.4, 0.5) is 0 Å². The normalized spacial score (nSPS) is 21.1. The minimum absolute atomic E-state index is 0. The van der Waals surface area contributed by atoms with Crippen molar-refractivity contribution in [3.05, 3.63) is 29.6 Å². The lowest BCUT2D eigenvalue weighted by molar-refractivity contribution is -0.146. The monoisotopic (exact) mass is 388 g/mol. The molecule has 0 unspecified atom stereocenters. The molecule has 3 rings (SSSR count). The van der Waals surface area contributed by atoms with E-state index in [1.54, 1.807) is 0 Å².